The summed E-state index contributed by atoms with van der Waals surface area (Å²) in [4.78, 5) is 11.6. The molecule has 0 bridgehead atoms. The van der Waals surface area contributed by atoms with Gasteiger partial charge in [0, 0.05) is 13.0 Å². The molecule has 1 aliphatic rings. The quantitative estimate of drug-likeness (QED) is 0.761. The molecular weight excluding hydrogens is 239 g/mol. The van der Waals surface area contributed by atoms with Crippen molar-refractivity contribution >= 4 is 5.97 Å². The van der Waals surface area contributed by atoms with Crippen LogP contribution in [-0.4, -0.2) is 36.6 Å². The molecule has 1 aliphatic heterocycles. The van der Waals surface area contributed by atoms with Crippen LogP contribution in [-0.2, 0) is 14.3 Å². The Kier molecular flexibility index (Phi) is 4.03. The number of esters is 1. The van der Waals surface area contributed by atoms with Gasteiger partial charge in [0.05, 0.1) is 6.10 Å². The Morgan fingerprint density at radius 1 is 1.29 bits per heavy atom. The zero-order valence-electron chi connectivity index (χ0n) is 9.93. The van der Waals surface area contributed by atoms with Crippen LogP contribution in [0.4, 0.5) is 13.2 Å². The molecule has 1 heterocycles. The molecule has 1 saturated heterocycles. The van der Waals surface area contributed by atoms with Crippen LogP contribution in [0.15, 0.2) is 0 Å². The lowest BCUT2D eigenvalue weighted by Gasteiger charge is -2.22. The maximum Gasteiger partial charge on any atom is 0.522 e. The third-order valence-corrected chi connectivity index (χ3v) is 2.08. The molecule has 0 aliphatic carbocycles. The molecular formula is C10H16F3NO3. The standard InChI is InChI=1S/C10H16F3NO3/c1-9(2,3)17-8(15)7-4-6(5-14-7)16-10(11,12)13/h6-7,14H,4-5H2,1-3H3/t6-,7+/m1/s1. The van der Waals surface area contributed by atoms with Crippen molar-refractivity contribution in [2.24, 2.45) is 0 Å². The van der Waals surface area contributed by atoms with Crippen LogP contribution in [0.3, 0.4) is 0 Å². The summed E-state index contributed by atoms with van der Waals surface area (Å²) in [6, 6.07) is -0.735. The summed E-state index contributed by atoms with van der Waals surface area (Å²) in [6.45, 7) is 5.08. The molecule has 1 N–H and O–H groups in total. The number of halogens is 3. The van der Waals surface area contributed by atoms with E-state index in [0.717, 1.165) is 0 Å². The van der Waals surface area contributed by atoms with E-state index >= 15 is 0 Å². The first-order valence-corrected chi connectivity index (χ1v) is 5.27. The highest BCUT2D eigenvalue weighted by Gasteiger charge is 2.40. The fourth-order valence-electron chi connectivity index (χ4n) is 1.53. The molecule has 0 aromatic rings. The lowest BCUT2D eigenvalue weighted by atomic mass is 10.1. The highest BCUT2D eigenvalue weighted by molar-refractivity contribution is 5.76. The molecule has 0 aromatic carbocycles. The second-order valence-electron chi connectivity index (χ2n) is 4.92. The van der Waals surface area contributed by atoms with E-state index in [1.807, 2.05) is 0 Å². The van der Waals surface area contributed by atoms with Crippen LogP contribution in [0.1, 0.15) is 27.2 Å². The monoisotopic (exact) mass is 255 g/mol. The zero-order chi connectivity index (χ0) is 13.3. The number of hydrogen-bond acceptors (Lipinski definition) is 4. The minimum absolute atomic E-state index is 0.0105. The molecule has 0 unspecified atom stereocenters. The van der Waals surface area contributed by atoms with Crippen molar-refractivity contribution in [2.45, 2.75) is 51.3 Å². The predicted molar refractivity (Wildman–Crippen MR) is 53.2 cm³/mol. The van der Waals surface area contributed by atoms with E-state index < -0.39 is 30.1 Å². The highest BCUT2D eigenvalue weighted by Crippen LogP contribution is 2.24. The van der Waals surface area contributed by atoms with E-state index in [2.05, 4.69) is 10.1 Å². The highest BCUT2D eigenvalue weighted by atomic mass is 19.4. The van der Waals surface area contributed by atoms with Crippen molar-refractivity contribution in [3.05, 3.63) is 0 Å². The third kappa shape index (κ3) is 5.36. The van der Waals surface area contributed by atoms with Crippen LogP contribution in [0.5, 0.6) is 0 Å². The van der Waals surface area contributed by atoms with Gasteiger partial charge in [-0.2, -0.15) is 0 Å². The number of carbonyl (C=O) groups excluding carboxylic acids is 1. The second-order valence-corrected chi connectivity index (χ2v) is 4.92. The fourth-order valence-corrected chi connectivity index (χ4v) is 1.53. The first-order valence-electron chi connectivity index (χ1n) is 5.27. The summed E-state index contributed by atoms with van der Waals surface area (Å²) in [5, 5.41) is 2.65. The lowest BCUT2D eigenvalue weighted by Crippen LogP contribution is -2.37. The summed E-state index contributed by atoms with van der Waals surface area (Å²) in [5.74, 6) is -0.550. The van der Waals surface area contributed by atoms with Gasteiger partial charge in [-0.3, -0.25) is 9.53 Å². The largest absolute Gasteiger partial charge is 0.522 e. The van der Waals surface area contributed by atoms with Gasteiger partial charge in [0.25, 0.3) is 0 Å². The smallest absolute Gasteiger partial charge is 0.459 e. The van der Waals surface area contributed by atoms with Crippen molar-refractivity contribution in [1.29, 1.82) is 0 Å². The molecule has 1 fully saturated rings. The number of hydrogen-bond donors (Lipinski definition) is 1. The van der Waals surface area contributed by atoms with Gasteiger partial charge in [-0.25, -0.2) is 0 Å². The molecule has 0 saturated carbocycles. The molecule has 1 rings (SSSR count). The van der Waals surface area contributed by atoms with Gasteiger partial charge >= 0.3 is 12.3 Å². The third-order valence-electron chi connectivity index (χ3n) is 2.08. The molecule has 0 radical (unpaired) electrons. The minimum atomic E-state index is -4.67. The normalized spacial score (nSPS) is 26.0. The van der Waals surface area contributed by atoms with Crippen LogP contribution in [0.25, 0.3) is 0 Å². The van der Waals surface area contributed by atoms with Crippen molar-refractivity contribution in [3.8, 4) is 0 Å². The van der Waals surface area contributed by atoms with Crippen LogP contribution < -0.4 is 5.32 Å². The van der Waals surface area contributed by atoms with Crippen molar-refractivity contribution in [3.63, 3.8) is 0 Å². The number of nitrogens with one attached hydrogen (secondary N) is 1. The maximum atomic E-state index is 11.9. The molecule has 0 spiro atoms. The lowest BCUT2D eigenvalue weighted by molar-refractivity contribution is -0.340. The van der Waals surface area contributed by atoms with E-state index in [1.165, 1.54) is 0 Å². The Hall–Kier alpha value is -0.820. The summed E-state index contributed by atoms with van der Waals surface area (Å²) in [6.07, 6.45) is -5.74. The average Bonchev–Trinajstić information content (AvgIpc) is 2.45. The summed E-state index contributed by atoms with van der Waals surface area (Å²) < 4.78 is 44.7. The molecule has 7 heteroatoms. The first-order chi connectivity index (χ1) is 7.57. The van der Waals surface area contributed by atoms with Crippen LogP contribution >= 0.6 is 0 Å². The zero-order valence-corrected chi connectivity index (χ0v) is 9.93. The summed E-state index contributed by atoms with van der Waals surface area (Å²) in [7, 11) is 0. The van der Waals surface area contributed by atoms with E-state index in [0.29, 0.717) is 0 Å². The Bertz CT molecular complexity index is 286. The number of ether oxygens (including phenoxy) is 2. The number of alkyl halides is 3. The van der Waals surface area contributed by atoms with Crippen molar-refractivity contribution < 1.29 is 27.4 Å². The Morgan fingerprint density at radius 2 is 1.88 bits per heavy atom. The SMILES string of the molecule is CC(C)(C)OC(=O)[C@@H]1C[C@@H](OC(F)(F)F)CN1. The van der Waals surface area contributed by atoms with Crippen LogP contribution in [0, 0.1) is 0 Å². The van der Waals surface area contributed by atoms with Crippen molar-refractivity contribution in [2.75, 3.05) is 6.54 Å². The van der Waals surface area contributed by atoms with E-state index in [1.54, 1.807) is 20.8 Å². The average molecular weight is 255 g/mol. The topological polar surface area (TPSA) is 47.6 Å². The van der Waals surface area contributed by atoms with Crippen molar-refractivity contribution in [1.82, 2.24) is 5.32 Å². The van der Waals surface area contributed by atoms with Gasteiger partial charge in [0.2, 0.25) is 0 Å². The molecule has 100 valence electrons. The van der Waals surface area contributed by atoms with Gasteiger partial charge in [-0.1, -0.05) is 0 Å². The van der Waals surface area contributed by atoms with Gasteiger partial charge in [-0.05, 0) is 20.8 Å². The molecule has 0 aromatic heterocycles. The number of rotatable bonds is 2. The summed E-state index contributed by atoms with van der Waals surface area (Å²) in [5.41, 5.74) is -0.651. The molecule has 0 amide bonds. The molecule has 17 heavy (non-hydrogen) atoms. The van der Waals surface area contributed by atoms with Gasteiger partial charge in [0.1, 0.15) is 11.6 Å². The Balaban J connectivity index is 2.43. The van der Waals surface area contributed by atoms with E-state index in [9.17, 15) is 18.0 Å². The van der Waals surface area contributed by atoms with Gasteiger partial charge < -0.3 is 10.1 Å². The first kappa shape index (κ1) is 14.2. The van der Waals surface area contributed by atoms with Crippen LogP contribution in [0.2, 0.25) is 0 Å². The second kappa shape index (κ2) is 4.81. The number of carbonyl (C=O) groups is 1. The molecule has 2 atom stereocenters. The van der Waals surface area contributed by atoms with E-state index in [4.69, 9.17) is 4.74 Å². The summed E-state index contributed by atoms with van der Waals surface area (Å²) >= 11 is 0. The fraction of sp³-hybridized carbons (Fsp3) is 0.900. The Labute approximate surface area is 97.5 Å². The van der Waals surface area contributed by atoms with Gasteiger partial charge in [-0.15, -0.1) is 13.2 Å². The van der Waals surface area contributed by atoms with E-state index in [-0.39, 0.29) is 13.0 Å². The predicted octanol–water partition coefficient (Wildman–Crippen LogP) is 1.59. The molecule has 4 nitrogen and oxygen atoms in total. The Morgan fingerprint density at radius 3 is 2.35 bits per heavy atom. The minimum Gasteiger partial charge on any atom is -0.459 e. The maximum absolute atomic E-state index is 11.9. The van der Waals surface area contributed by atoms with Gasteiger partial charge in [0.15, 0.2) is 0 Å².